The van der Waals surface area contributed by atoms with Gasteiger partial charge >= 0.3 is 0 Å². The van der Waals surface area contributed by atoms with Gasteiger partial charge in [-0.2, -0.15) is 0 Å². The van der Waals surface area contributed by atoms with Crippen LogP contribution in [0.15, 0.2) is 29.4 Å². The normalized spacial score (nSPS) is 27.5. The lowest BCUT2D eigenvalue weighted by atomic mass is 9.67. The highest BCUT2D eigenvalue weighted by molar-refractivity contribution is 7.99. The van der Waals surface area contributed by atoms with E-state index in [1.165, 1.54) is 25.7 Å². The van der Waals surface area contributed by atoms with Gasteiger partial charge in [0.15, 0.2) is 0 Å². The Morgan fingerprint density at radius 3 is 2.75 bits per heavy atom. The number of aromatic nitrogens is 1. The van der Waals surface area contributed by atoms with E-state index < -0.39 is 0 Å². The number of rotatable bonds is 5. The lowest BCUT2D eigenvalue weighted by Crippen LogP contribution is -2.37. The van der Waals surface area contributed by atoms with Gasteiger partial charge in [0, 0.05) is 11.4 Å². The Labute approximate surface area is 127 Å². The molecule has 1 aliphatic carbocycles. The summed E-state index contributed by atoms with van der Waals surface area (Å²) in [5.74, 6) is 1.46. The molecule has 0 bridgehead atoms. The molecule has 2 N–H and O–H groups in total. The maximum absolute atomic E-state index is 6.00. The van der Waals surface area contributed by atoms with Gasteiger partial charge in [-0.25, -0.2) is 4.98 Å². The first-order valence-corrected chi connectivity index (χ1v) is 8.72. The van der Waals surface area contributed by atoms with Gasteiger partial charge in [0.1, 0.15) is 0 Å². The molecule has 0 amide bonds. The topological polar surface area (TPSA) is 38.9 Å². The average Bonchev–Trinajstić information content (AvgIpc) is 2.48. The van der Waals surface area contributed by atoms with Crippen molar-refractivity contribution in [1.29, 1.82) is 0 Å². The molecule has 3 unspecified atom stereocenters. The molecule has 2 nitrogen and oxygen atoms in total. The minimum Gasteiger partial charge on any atom is -0.330 e. The summed E-state index contributed by atoms with van der Waals surface area (Å²) in [7, 11) is 0. The molecule has 3 heteroatoms. The molecule has 1 aromatic rings. The van der Waals surface area contributed by atoms with E-state index in [9.17, 15) is 0 Å². The Bertz CT molecular complexity index is 405. The van der Waals surface area contributed by atoms with Crippen molar-refractivity contribution in [2.75, 3.05) is 6.54 Å². The third-order valence-corrected chi connectivity index (χ3v) is 6.52. The highest BCUT2D eigenvalue weighted by Crippen LogP contribution is 2.46. The highest BCUT2D eigenvalue weighted by Gasteiger charge is 2.37. The molecule has 1 aliphatic rings. The second kappa shape index (κ2) is 6.95. The van der Waals surface area contributed by atoms with Crippen LogP contribution in [-0.2, 0) is 0 Å². The quantitative estimate of drug-likeness (QED) is 0.876. The second-order valence-electron chi connectivity index (χ2n) is 6.67. The summed E-state index contributed by atoms with van der Waals surface area (Å²) in [6, 6.07) is 6.17. The van der Waals surface area contributed by atoms with Crippen molar-refractivity contribution in [2.24, 2.45) is 23.0 Å². The van der Waals surface area contributed by atoms with E-state index >= 15 is 0 Å². The van der Waals surface area contributed by atoms with Crippen LogP contribution < -0.4 is 5.73 Å². The standard InChI is InChI=1S/C17H28N2S/c1-4-17(2,3)14-9-8-13(12-18)15(11-14)20-16-7-5-6-10-19-16/h5-7,10,13-15H,4,8-9,11-12,18H2,1-3H3. The number of thioether (sulfide) groups is 1. The van der Waals surface area contributed by atoms with E-state index in [0.717, 1.165) is 17.5 Å². The fraction of sp³-hybridized carbons (Fsp3) is 0.706. The molecule has 2 rings (SSSR count). The summed E-state index contributed by atoms with van der Waals surface area (Å²) in [4.78, 5) is 4.47. The minimum atomic E-state index is 0.447. The van der Waals surface area contributed by atoms with Gasteiger partial charge in [-0.05, 0) is 55.2 Å². The summed E-state index contributed by atoms with van der Waals surface area (Å²) < 4.78 is 0. The zero-order valence-electron chi connectivity index (χ0n) is 13.0. The Balaban J connectivity index is 2.07. The van der Waals surface area contributed by atoms with E-state index in [2.05, 4.69) is 37.9 Å². The van der Waals surface area contributed by atoms with Crippen LogP contribution in [0.25, 0.3) is 0 Å². The number of hydrogen-bond donors (Lipinski definition) is 1. The van der Waals surface area contributed by atoms with Gasteiger partial charge in [-0.1, -0.05) is 33.3 Å². The molecule has 0 spiro atoms. The first kappa shape index (κ1) is 15.8. The Morgan fingerprint density at radius 1 is 1.35 bits per heavy atom. The summed E-state index contributed by atoms with van der Waals surface area (Å²) in [6.45, 7) is 7.96. The van der Waals surface area contributed by atoms with Gasteiger partial charge in [0.05, 0.1) is 5.03 Å². The van der Waals surface area contributed by atoms with Crippen LogP contribution in [0, 0.1) is 17.3 Å². The maximum atomic E-state index is 6.00. The number of pyridine rings is 1. The molecule has 112 valence electrons. The first-order valence-electron chi connectivity index (χ1n) is 7.84. The Morgan fingerprint density at radius 2 is 2.15 bits per heavy atom. The first-order chi connectivity index (χ1) is 9.56. The van der Waals surface area contributed by atoms with Crippen LogP contribution >= 0.6 is 11.8 Å². The Kier molecular flexibility index (Phi) is 5.50. The second-order valence-corrected chi connectivity index (χ2v) is 7.93. The molecule has 0 saturated heterocycles. The van der Waals surface area contributed by atoms with Gasteiger partial charge < -0.3 is 5.73 Å². The molecular weight excluding hydrogens is 264 g/mol. The van der Waals surface area contributed by atoms with Gasteiger partial charge in [0.25, 0.3) is 0 Å². The predicted octanol–water partition coefficient (Wildman–Crippen LogP) is 4.35. The molecule has 1 fully saturated rings. The van der Waals surface area contributed by atoms with Crippen LogP contribution in [-0.4, -0.2) is 16.8 Å². The molecular formula is C17H28N2S. The van der Waals surface area contributed by atoms with E-state index in [1.54, 1.807) is 0 Å². The molecule has 3 atom stereocenters. The van der Waals surface area contributed by atoms with Crippen molar-refractivity contribution in [1.82, 2.24) is 4.98 Å². The van der Waals surface area contributed by atoms with Crippen LogP contribution in [0.1, 0.15) is 46.5 Å². The molecule has 0 aromatic carbocycles. The van der Waals surface area contributed by atoms with E-state index in [0.29, 0.717) is 16.6 Å². The van der Waals surface area contributed by atoms with Crippen LogP contribution in [0.4, 0.5) is 0 Å². The largest absolute Gasteiger partial charge is 0.330 e. The third-order valence-electron chi connectivity index (χ3n) is 5.16. The number of nitrogens with zero attached hydrogens (tertiary/aromatic N) is 1. The maximum Gasteiger partial charge on any atom is 0.0962 e. The summed E-state index contributed by atoms with van der Waals surface area (Å²) >= 11 is 1.94. The average molecular weight is 292 g/mol. The smallest absolute Gasteiger partial charge is 0.0962 e. The molecule has 1 saturated carbocycles. The molecule has 0 radical (unpaired) electrons. The molecule has 0 aliphatic heterocycles. The van der Waals surface area contributed by atoms with Crippen LogP contribution in [0.5, 0.6) is 0 Å². The van der Waals surface area contributed by atoms with Gasteiger partial charge in [-0.15, -0.1) is 11.8 Å². The van der Waals surface area contributed by atoms with Crippen molar-refractivity contribution in [3.8, 4) is 0 Å². The number of nitrogens with two attached hydrogens (primary N) is 1. The van der Waals surface area contributed by atoms with E-state index in [1.807, 2.05) is 24.0 Å². The summed E-state index contributed by atoms with van der Waals surface area (Å²) in [6.07, 6.45) is 7.03. The van der Waals surface area contributed by atoms with Crippen LogP contribution in [0.3, 0.4) is 0 Å². The van der Waals surface area contributed by atoms with Crippen molar-refractivity contribution in [3.05, 3.63) is 24.4 Å². The Hall–Kier alpha value is -0.540. The van der Waals surface area contributed by atoms with Crippen LogP contribution in [0.2, 0.25) is 0 Å². The van der Waals surface area contributed by atoms with E-state index in [4.69, 9.17) is 5.73 Å². The summed E-state index contributed by atoms with van der Waals surface area (Å²) in [5.41, 5.74) is 6.45. The van der Waals surface area contributed by atoms with Gasteiger partial charge in [-0.3, -0.25) is 0 Å². The lowest BCUT2D eigenvalue weighted by Gasteiger charge is -2.42. The molecule has 20 heavy (non-hydrogen) atoms. The summed E-state index contributed by atoms with van der Waals surface area (Å²) in [5, 5.41) is 1.77. The lowest BCUT2D eigenvalue weighted by molar-refractivity contribution is 0.134. The van der Waals surface area contributed by atoms with E-state index in [-0.39, 0.29) is 0 Å². The zero-order valence-corrected chi connectivity index (χ0v) is 13.8. The SMILES string of the molecule is CCC(C)(C)C1CCC(CN)C(Sc2ccccn2)C1. The van der Waals surface area contributed by atoms with Gasteiger partial charge in [0.2, 0.25) is 0 Å². The highest BCUT2D eigenvalue weighted by atomic mass is 32.2. The van der Waals surface area contributed by atoms with Crippen molar-refractivity contribution < 1.29 is 0 Å². The third kappa shape index (κ3) is 3.76. The fourth-order valence-electron chi connectivity index (χ4n) is 3.18. The molecule has 1 aromatic heterocycles. The van der Waals surface area contributed by atoms with Crippen molar-refractivity contribution in [2.45, 2.75) is 56.7 Å². The number of hydrogen-bond acceptors (Lipinski definition) is 3. The minimum absolute atomic E-state index is 0.447. The fourth-order valence-corrected chi connectivity index (χ4v) is 4.53. The predicted molar refractivity (Wildman–Crippen MR) is 87.8 cm³/mol. The monoisotopic (exact) mass is 292 g/mol. The van der Waals surface area contributed by atoms with Crippen molar-refractivity contribution in [3.63, 3.8) is 0 Å². The zero-order chi connectivity index (χ0) is 14.6. The molecule has 1 heterocycles. The van der Waals surface area contributed by atoms with Crippen molar-refractivity contribution >= 4 is 11.8 Å².